The Morgan fingerprint density at radius 1 is 0.833 bits per heavy atom. The molecular formula is C21H15NO2. The number of Topliss-reactive ketones (excluding diaryl/α,β-unsaturated/α-hetero) is 1. The Balaban J connectivity index is 1.69. The first-order valence-corrected chi connectivity index (χ1v) is 7.80. The number of phenols is 1. The molecule has 0 aliphatic heterocycles. The van der Waals surface area contributed by atoms with Crippen LogP contribution >= 0.6 is 0 Å². The number of aromatic hydroxyl groups is 1. The van der Waals surface area contributed by atoms with Crippen molar-refractivity contribution >= 4 is 27.6 Å². The lowest BCUT2D eigenvalue weighted by Gasteiger charge is -2.05. The van der Waals surface area contributed by atoms with Gasteiger partial charge >= 0.3 is 0 Å². The fourth-order valence-corrected chi connectivity index (χ4v) is 2.85. The van der Waals surface area contributed by atoms with Crippen LogP contribution in [0.2, 0.25) is 0 Å². The highest BCUT2D eigenvalue weighted by atomic mass is 16.3. The van der Waals surface area contributed by atoms with E-state index in [1.54, 1.807) is 24.3 Å². The standard InChI is InChI=1S/C21H15NO2/c23-18-9-5-14(6-10-18)11-21(24)17-8-7-16-12-15-3-1-2-4-19(15)22-20(16)13-17/h1-10,12-13,23H,11H2. The number of para-hydroxylation sites is 1. The summed E-state index contributed by atoms with van der Waals surface area (Å²) in [5.74, 6) is 0.241. The highest BCUT2D eigenvalue weighted by Crippen LogP contribution is 2.21. The molecule has 4 aromatic rings. The first kappa shape index (κ1) is 14.4. The molecule has 0 saturated carbocycles. The maximum absolute atomic E-state index is 12.5. The first-order valence-electron chi connectivity index (χ1n) is 7.80. The Hall–Kier alpha value is -3.20. The molecule has 3 aromatic carbocycles. The smallest absolute Gasteiger partial charge is 0.167 e. The van der Waals surface area contributed by atoms with Crippen molar-refractivity contribution in [2.24, 2.45) is 0 Å². The normalized spacial score (nSPS) is 11.0. The summed E-state index contributed by atoms with van der Waals surface area (Å²) in [6, 6.07) is 22.4. The molecule has 0 aliphatic rings. The number of carbonyl (C=O) groups excluding carboxylic acids is 1. The van der Waals surface area contributed by atoms with E-state index in [2.05, 4.69) is 11.1 Å². The average molecular weight is 313 g/mol. The predicted molar refractivity (Wildman–Crippen MR) is 95.4 cm³/mol. The van der Waals surface area contributed by atoms with Crippen LogP contribution in [0.5, 0.6) is 5.75 Å². The Labute approximate surface area is 139 Å². The third-order valence-corrected chi connectivity index (χ3v) is 4.14. The van der Waals surface area contributed by atoms with Gasteiger partial charge in [0.25, 0.3) is 0 Å². The lowest BCUT2D eigenvalue weighted by Crippen LogP contribution is -2.03. The number of benzene rings is 3. The van der Waals surface area contributed by atoms with Gasteiger partial charge in [-0.3, -0.25) is 4.79 Å². The van der Waals surface area contributed by atoms with Crippen LogP contribution in [0.4, 0.5) is 0 Å². The molecule has 3 heteroatoms. The largest absolute Gasteiger partial charge is 0.508 e. The van der Waals surface area contributed by atoms with Crippen molar-refractivity contribution in [2.75, 3.05) is 0 Å². The highest BCUT2D eigenvalue weighted by Gasteiger charge is 2.09. The summed E-state index contributed by atoms with van der Waals surface area (Å²) >= 11 is 0. The molecule has 0 saturated heterocycles. The van der Waals surface area contributed by atoms with Crippen LogP contribution in [0.3, 0.4) is 0 Å². The van der Waals surface area contributed by atoms with Crippen molar-refractivity contribution in [3.05, 3.63) is 83.9 Å². The molecule has 0 fully saturated rings. The van der Waals surface area contributed by atoms with E-state index in [0.717, 1.165) is 27.4 Å². The molecule has 0 unspecified atom stereocenters. The van der Waals surface area contributed by atoms with Gasteiger partial charge in [0.15, 0.2) is 5.78 Å². The van der Waals surface area contributed by atoms with E-state index in [9.17, 15) is 9.90 Å². The molecular weight excluding hydrogens is 298 g/mol. The summed E-state index contributed by atoms with van der Waals surface area (Å²) in [7, 11) is 0. The van der Waals surface area contributed by atoms with Gasteiger partial charge in [-0.25, -0.2) is 4.98 Å². The van der Waals surface area contributed by atoms with Crippen LogP contribution in [0.25, 0.3) is 21.8 Å². The number of pyridine rings is 1. The van der Waals surface area contributed by atoms with Crippen molar-refractivity contribution in [3.63, 3.8) is 0 Å². The number of phenolic OH excluding ortho intramolecular Hbond substituents is 1. The zero-order valence-corrected chi connectivity index (χ0v) is 12.9. The second-order valence-electron chi connectivity index (χ2n) is 5.85. The zero-order valence-electron chi connectivity index (χ0n) is 12.9. The summed E-state index contributed by atoms with van der Waals surface area (Å²) in [5.41, 5.74) is 3.28. The predicted octanol–water partition coefficient (Wildman–Crippen LogP) is 4.52. The van der Waals surface area contributed by atoms with Crippen LogP contribution in [0, 0.1) is 0 Å². The Morgan fingerprint density at radius 3 is 2.42 bits per heavy atom. The SMILES string of the molecule is O=C(Cc1ccc(O)cc1)c1ccc2cc3ccccc3nc2c1. The molecule has 1 N–H and O–H groups in total. The van der Waals surface area contributed by atoms with Crippen molar-refractivity contribution in [3.8, 4) is 5.75 Å². The lowest BCUT2D eigenvalue weighted by molar-refractivity contribution is 0.0993. The Bertz CT molecular complexity index is 1050. The van der Waals surface area contributed by atoms with Gasteiger partial charge in [0, 0.05) is 22.8 Å². The lowest BCUT2D eigenvalue weighted by atomic mass is 10.0. The van der Waals surface area contributed by atoms with E-state index >= 15 is 0 Å². The number of nitrogens with zero attached hydrogens (tertiary/aromatic N) is 1. The highest BCUT2D eigenvalue weighted by molar-refractivity contribution is 6.02. The van der Waals surface area contributed by atoms with Crippen molar-refractivity contribution in [2.45, 2.75) is 6.42 Å². The van der Waals surface area contributed by atoms with E-state index < -0.39 is 0 Å². The zero-order chi connectivity index (χ0) is 16.5. The van der Waals surface area contributed by atoms with Crippen LogP contribution in [-0.4, -0.2) is 15.9 Å². The number of fused-ring (bicyclic) bond motifs is 2. The fourth-order valence-electron chi connectivity index (χ4n) is 2.85. The molecule has 4 rings (SSSR count). The summed E-state index contributed by atoms with van der Waals surface area (Å²) in [6.07, 6.45) is 0.305. The van der Waals surface area contributed by atoms with Gasteiger partial charge in [-0.05, 0) is 35.9 Å². The van der Waals surface area contributed by atoms with Crippen molar-refractivity contribution < 1.29 is 9.90 Å². The molecule has 0 atom stereocenters. The molecule has 0 bridgehead atoms. The summed E-state index contributed by atoms with van der Waals surface area (Å²) in [6.45, 7) is 0. The van der Waals surface area contributed by atoms with Gasteiger partial charge in [-0.1, -0.05) is 42.5 Å². The van der Waals surface area contributed by atoms with Gasteiger partial charge in [-0.15, -0.1) is 0 Å². The van der Waals surface area contributed by atoms with Gasteiger partial charge in [0.05, 0.1) is 11.0 Å². The molecule has 1 heterocycles. The number of rotatable bonds is 3. The third kappa shape index (κ3) is 2.72. The Morgan fingerprint density at radius 2 is 1.58 bits per heavy atom. The molecule has 24 heavy (non-hydrogen) atoms. The molecule has 0 spiro atoms. The maximum Gasteiger partial charge on any atom is 0.167 e. The number of carbonyl (C=O) groups is 1. The summed E-state index contributed by atoms with van der Waals surface area (Å²) in [5, 5.41) is 11.4. The minimum atomic E-state index is 0.0394. The van der Waals surface area contributed by atoms with E-state index in [1.807, 2.05) is 42.5 Å². The molecule has 0 amide bonds. The molecule has 0 radical (unpaired) electrons. The van der Waals surface area contributed by atoms with E-state index in [4.69, 9.17) is 0 Å². The molecule has 1 aromatic heterocycles. The van der Waals surface area contributed by atoms with Gasteiger partial charge in [0.2, 0.25) is 0 Å². The number of hydrogen-bond donors (Lipinski definition) is 1. The van der Waals surface area contributed by atoms with Gasteiger partial charge in [0.1, 0.15) is 5.75 Å². The van der Waals surface area contributed by atoms with Crippen LogP contribution in [-0.2, 0) is 6.42 Å². The fraction of sp³-hybridized carbons (Fsp3) is 0.0476. The summed E-state index contributed by atoms with van der Waals surface area (Å²) < 4.78 is 0. The topological polar surface area (TPSA) is 50.2 Å². The monoisotopic (exact) mass is 313 g/mol. The number of ketones is 1. The quantitative estimate of drug-likeness (QED) is 0.447. The number of aromatic nitrogens is 1. The minimum absolute atomic E-state index is 0.0394. The third-order valence-electron chi connectivity index (χ3n) is 4.14. The average Bonchev–Trinajstić information content (AvgIpc) is 2.61. The molecule has 3 nitrogen and oxygen atoms in total. The van der Waals surface area contributed by atoms with E-state index in [-0.39, 0.29) is 11.5 Å². The van der Waals surface area contributed by atoms with E-state index in [0.29, 0.717) is 12.0 Å². The van der Waals surface area contributed by atoms with Gasteiger partial charge < -0.3 is 5.11 Å². The molecule has 116 valence electrons. The second-order valence-corrected chi connectivity index (χ2v) is 5.85. The first-order chi connectivity index (χ1) is 11.7. The minimum Gasteiger partial charge on any atom is -0.508 e. The van der Waals surface area contributed by atoms with E-state index in [1.165, 1.54) is 0 Å². The Kier molecular flexibility index (Phi) is 3.47. The maximum atomic E-state index is 12.5. The second kappa shape index (κ2) is 5.78. The van der Waals surface area contributed by atoms with Crippen molar-refractivity contribution in [1.29, 1.82) is 0 Å². The van der Waals surface area contributed by atoms with Crippen LogP contribution in [0.15, 0.2) is 72.8 Å². The van der Waals surface area contributed by atoms with Gasteiger partial charge in [-0.2, -0.15) is 0 Å². The van der Waals surface area contributed by atoms with Crippen LogP contribution in [0.1, 0.15) is 15.9 Å². The molecule has 0 aliphatic carbocycles. The van der Waals surface area contributed by atoms with Crippen LogP contribution < -0.4 is 0 Å². The van der Waals surface area contributed by atoms with Crippen molar-refractivity contribution in [1.82, 2.24) is 4.98 Å². The summed E-state index contributed by atoms with van der Waals surface area (Å²) in [4.78, 5) is 17.2. The number of hydrogen-bond acceptors (Lipinski definition) is 3.